The maximum atomic E-state index is 11.6. The minimum absolute atomic E-state index is 0.0186. The molecule has 0 aliphatic rings. The first-order valence-corrected chi connectivity index (χ1v) is 16.6. The third-order valence-corrected chi connectivity index (χ3v) is 12.8. The first-order valence-electron chi connectivity index (χ1n) is 14.2. The highest BCUT2D eigenvalue weighted by Crippen LogP contribution is 2.53. The summed E-state index contributed by atoms with van der Waals surface area (Å²) in [6.45, 7) is 15.7. The molecular weight excluding hydrogens is 510 g/mol. The highest BCUT2D eigenvalue weighted by molar-refractivity contribution is 7.81. The number of benzene rings is 4. The van der Waals surface area contributed by atoms with Crippen LogP contribution in [0.3, 0.4) is 0 Å². The van der Waals surface area contributed by atoms with E-state index in [2.05, 4.69) is 139 Å². The van der Waals surface area contributed by atoms with E-state index < -0.39 is 7.92 Å². The maximum Gasteiger partial charge on any atom is 0.122 e. The molecule has 0 aliphatic carbocycles. The smallest absolute Gasteiger partial charge is 0.122 e. The third-order valence-electron chi connectivity index (χ3n) is 7.85. The Morgan fingerprint density at radius 2 is 1.33 bits per heavy atom. The molecule has 0 aromatic heterocycles. The average Bonchev–Trinajstić information content (AvgIpc) is 2.92. The van der Waals surface area contributed by atoms with E-state index in [0.717, 1.165) is 30.4 Å². The van der Waals surface area contributed by atoms with E-state index in [4.69, 9.17) is 0 Å². The van der Waals surface area contributed by atoms with Crippen molar-refractivity contribution in [3.63, 3.8) is 0 Å². The molecule has 1 N–H and O–H groups in total. The maximum absolute atomic E-state index is 11.6. The van der Waals surface area contributed by atoms with Gasteiger partial charge in [-0.15, -0.1) is 0 Å². The summed E-state index contributed by atoms with van der Waals surface area (Å²) in [5.74, 6) is 0.481. The molecule has 0 saturated carbocycles. The Labute approximate surface area is 239 Å². The van der Waals surface area contributed by atoms with E-state index in [1.165, 1.54) is 32.3 Å². The van der Waals surface area contributed by atoms with E-state index in [1.54, 1.807) is 0 Å². The molecule has 2 unspecified atom stereocenters. The normalized spacial score (nSPS) is 13.7. The number of hydrogen-bond donors (Lipinski definition) is 1. The second kappa shape index (κ2) is 12.4. The van der Waals surface area contributed by atoms with Gasteiger partial charge in [0.15, 0.2) is 0 Å². The second-order valence-corrected chi connectivity index (χ2v) is 15.6. The van der Waals surface area contributed by atoms with Crippen LogP contribution in [-0.2, 0) is 10.6 Å². The predicted molar refractivity (Wildman–Crippen MR) is 176 cm³/mol. The molecule has 3 heteroatoms. The summed E-state index contributed by atoms with van der Waals surface area (Å²) in [6, 6.07) is 33.4. The van der Waals surface area contributed by atoms with Crippen LogP contribution in [-0.4, -0.2) is 5.11 Å². The van der Waals surface area contributed by atoms with Gasteiger partial charge in [-0.2, -0.15) is 0 Å². The van der Waals surface area contributed by atoms with Crippen LogP contribution in [0.4, 0.5) is 0 Å². The zero-order valence-electron chi connectivity index (χ0n) is 24.7. The number of hydrogen-bond acceptors (Lipinski definition) is 1. The Kier molecular flexibility index (Phi) is 9.37. The van der Waals surface area contributed by atoms with Gasteiger partial charge in [0.2, 0.25) is 0 Å². The van der Waals surface area contributed by atoms with E-state index in [1.807, 2.05) is 0 Å². The van der Waals surface area contributed by atoms with Crippen LogP contribution in [0, 0.1) is 13.8 Å². The van der Waals surface area contributed by atoms with Crippen molar-refractivity contribution >= 4 is 37.7 Å². The van der Waals surface area contributed by atoms with Crippen molar-refractivity contribution < 1.29 is 5.11 Å². The SMILES string of the molecule is CCCC(CC)(Pc1c(C)cccc1P(c1ccccc1)c1ccccc1)c1cc(C(C)(C)C)cc(C)c1O. The van der Waals surface area contributed by atoms with Gasteiger partial charge >= 0.3 is 0 Å². The third kappa shape index (κ3) is 6.32. The van der Waals surface area contributed by atoms with Crippen molar-refractivity contribution in [2.45, 2.75) is 78.3 Å². The molecule has 2 atom stereocenters. The molecule has 0 bridgehead atoms. The molecule has 0 spiro atoms. The highest BCUT2D eigenvalue weighted by Gasteiger charge is 2.36. The van der Waals surface area contributed by atoms with Crippen LogP contribution in [0.2, 0.25) is 0 Å². The van der Waals surface area contributed by atoms with Gasteiger partial charge < -0.3 is 5.11 Å². The summed E-state index contributed by atoms with van der Waals surface area (Å²) in [4.78, 5) is 0. The monoisotopic (exact) mass is 554 g/mol. The lowest BCUT2D eigenvalue weighted by atomic mass is 9.81. The molecular formula is C36H44OP2. The van der Waals surface area contributed by atoms with E-state index in [-0.39, 0.29) is 10.6 Å². The summed E-state index contributed by atoms with van der Waals surface area (Å²) in [7, 11) is -0.154. The second-order valence-electron chi connectivity index (χ2n) is 11.7. The molecule has 0 aliphatic heterocycles. The Hall–Kier alpha value is -2.46. The van der Waals surface area contributed by atoms with Crippen LogP contribution < -0.4 is 21.2 Å². The topological polar surface area (TPSA) is 20.2 Å². The summed E-state index contributed by atoms with van der Waals surface area (Å²) in [6.07, 6.45) is 3.11. The molecule has 0 radical (unpaired) electrons. The molecule has 4 aromatic rings. The fourth-order valence-electron chi connectivity index (χ4n) is 5.55. The van der Waals surface area contributed by atoms with Gasteiger partial charge in [0.1, 0.15) is 5.75 Å². The lowest BCUT2D eigenvalue weighted by Gasteiger charge is -2.37. The molecule has 0 heterocycles. The fraction of sp³-hybridized carbons (Fsp3) is 0.333. The zero-order valence-corrected chi connectivity index (χ0v) is 26.6. The Morgan fingerprint density at radius 3 is 1.85 bits per heavy atom. The van der Waals surface area contributed by atoms with Gasteiger partial charge in [0.05, 0.1) is 0 Å². The summed E-state index contributed by atoms with van der Waals surface area (Å²) in [5, 5.41) is 17.1. The van der Waals surface area contributed by atoms with Crippen LogP contribution in [0.1, 0.15) is 76.1 Å². The number of rotatable bonds is 9. The largest absolute Gasteiger partial charge is 0.507 e. The Morgan fingerprint density at radius 1 is 0.744 bits per heavy atom. The van der Waals surface area contributed by atoms with Crippen LogP contribution in [0.25, 0.3) is 0 Å². The van der Waals surface area contributed by atoms with E-state index in [9.17, 15) is 5.11 Å². The van der Waals surface area contributed by atoms with Crippen molar-refractivity contribution in [1.29, 1.82) is 0 Å². The van der Waals surface area contributed by atoms with Crippen LogP contribution in [0.15, 0.2) is 91.0 Å². The lowest BCUT2D eigenvalue weighted by Crippen LogP contribution is -2.34. The summed E-state index contributed by atoms with van der Waals surface area (Å²) >= 11 is 0. The molecule has 0 amide bonds. The molecule has 4 rings (SSSR count). The average molecular weight is 555 g/mol. The van der Waals surface area contributed by atoms with Gasteiger partial charge in [0, 0.05) is 10.7 Å². The highest BCUT2D eigenvalue weighted by atomic mass is 31.1. The van der Waals surface area contributed by atoms with Crippen LogP contribution in [0.5, 0.6) is 5.75 Å². The first-order chi connectivity index (χ1) is 18.6. The lowest BCUT2D eigenvalue weighted by molar-refractivity contribution is 0.437. The molecule has 204 valence electrons. The van der Waals surface area contributed by atoms with Crippen molar-refractivity contribution in [2.75, 3.05) is 0 Å². The standard InChI is InChI=1S/C36H44OP2/c1-8-23-36(9-2,31-25-28(35(5,6)7)24-27(4)33(31)37)38-34-26(3)17-16-22-32(34)39(29-18-12-10-13-19-29)30-20-14-11-15-21-30/h10-22,24-25,37-38H,8-9,23H2,1-7H3. The molecule has 0 saturated heterocycles. The Bertz CT molecular complexity index is 1350. The van der Waals surface area contributed by atoms with Crippen molar-refractivity contribution in [1.82, 2.24) is 0 Å². The summed E-state index contributed by atoms with van der Waals surface area (Å²) < 4.78 is 0. The first kappa shape index (κ1) is 29.5. The predicted octanol–water partition coefficient (Wildman–Crippen LogP) is 8.47. The minimum atomic E-state index is -0.713. The minimum Gasteiger partial charge on any atom is -0.507 e. The number of aromatic hydroxyl groups is 1. The molecule has 1 nitrogen and oxygen atoms in total. The van der Waals surface area contributed by atoms with Crippen molar-refractivity contribution in [3.05, 3.63) is 113 Å². The number of aryl methyl sites for hydroxylation is 2. The van der Waals surface area contributed by atoms with Gasteiger partial charge in [-0.05, 0) is 77.9 Å². The van der Waals surface area contributed by atoms with E-state index in [0.29, 0.717) is 14.3 Å². The van der Waals surface area contributed by atoms with Crippen molar-refractivity contribution in [3.8, 4) is 5.75 Å². The zero-order chi connectivity index (χ0) is 28.2. The van der Waals surface area contributed by atoms with Gasteiger partial charge in [0.25, 0.3) is 0 Å². The van der Waals surface area contributed by atoms with Gasteiger partial charge in [-0.3, -0.25) is 0 Å². The quantitative estimate of drug-likeness (QED) is 0.206. The summed E-state index contributed by atoms with van der Waals surface area (Å²) in [5.41, 5.74) is 4.78. The van der Waals surface area contributed by atoms with Crippen LogP contribution >= 0.6 is 16.5 Å². The fourth-order valence-corrected chi connectivity index (χ4v) is 10.3. The van der Waals surface area contributed by atoms with Gasteiger partial charge in [-0.1, -0.05) is 141 Å². The Balaban J connectivity index is 1.95. The van der Waals surface area contributed by atoms with E-state index >= 15 is 0 Å². The van der Waals surface area contributed by atoms with Crippen molar-refractivity contribution in [2.24, 2.45) is 0 Å². The van der Waals surface area contributed by atoms with Gasteiger partial charge in [-0.25, -0.2) is 0 Å². The molecule has 0 fully saturated rings. The molecule has 4 aromatic carbocycles. The number of phenols is 1. The molecule has 39 heavy (non-hydrogen) atoms. The number of phenolic OH excluding ortho intramolecular Hbond substituents is 1.